The van der Waals surface area contributed by atoms with Gasteiger partial charge in [-0.1, -0.05) is 25.7 Å². The maximum atomic E-state index is 12.7. The van der Waals surface area contributed by atoms with E-state index in [0.29, 0.717) is 0 Å². The predicted molar refractivity (Wildman–Crippen MR) is 92.9 cm³/mol. The molecule has 26 heavy (non-hydrogen) atoms. The van der Waals surface area contributed by atoms with Gasteiger partial charge in [0.25, 0.3) is 0 Å². The summed E-state index contributed by atoms with van der Waals surface area (Å²) >= 11 is 0. The highest BCUT2D eigenvalue weighted by molar-refractivity contribution is 6.08. The van der Waals surface area contributed by atoms with Crippen molar-refractivity contribution in [3.05, 3.63) is 0 Å². The van der Waals surface area contributed by atoms with Gasteiger partial charge in [-0.2, -0.15) is 0 Å². The average molecular weight is 360 g/mol. The van der Waals surface area contributed by atoms with Crippen LogP contribution in [0.5, 0.6) is 0 Å². The summed E-state index contributed by atoms with van der Waals surface area (Å²) in [6, 6.07) is 0.207. The molecule has 6 nitrogen and oxygen atoms in total. The molecule has 142 valence electrons. The number of amides is 3. The Kier molecular flexibility index (Phi) is 3.89. The fourth-order valence-corrected chi connectivity index (χ4v) is 6.52. The van der Waals surface area contributed by atoms with Gasteiger partial charge >= 0.3 is 0 Å². The molecule has 5 fully saturated rings. The molecule has 1 spiro atoms. The number of imide groups is 1. The van der Waals surface area contributed by atoms with Crippen molar-refractivity contribution in [3.8, 4) is 0 Å². The third-order valence-electron chi connectivity index (χ3n) is 7.77. The van der Waals surface area contributed by atoms with Crippen LogP contribution in [0.2, 0.25) is 0 Å². The second-order valence-corrected chi connectivity index (χ2v) is 9.04. The molecular weight excluding hydrogens is 332 g/mol. The Bertz CT molecular complexity index is 614. The van der Waals surface area contributed by atoms with E-state index in [-0.39, 0.29) is 59.8 Å². The number of hydrogen-bond acceptors (Lipinski definition) is 4. The van der Waals surface area contributed by atoms with Gasteiger partial charge in [-0.3, -0.25) is 19.3 Å². The second kappa shape index (κ2) is 6.04. The van der Waals surface area contributed by atoms with E-state index in [9.17, 15) is 14.4 Å². The van der Waals surface area contributed by atoms with Gasteiger partial charge in [-0.25, -0.2) is 0 Å². The molecule has 1 N–H and O–H groups in total. The number of rotatable bonds is 3. The number of nitrogens with one attached hydrogen (secondary N) is 1. The van der Waals surface area contributed by atoms with Crippen LogP contribution in [0.4, 0.5) is 0 Å². The zero-order valence-electron chi connectivity index (χ0n) is 15.2. The number of likely N-dealkylation sites (tertiary alicyclic amines) is 1. The van der Waals surface area contributed by atoms with Crippen molar-refractivity contribution < 1.29 is 19.1 Å². The van der Waals surface area contributed by atoms with Crippen LogP contribution in [-0.2, 0) is 19.1 Å². The molecule has 2 bridgehead atoms. The van der Waals surface area contributed by atoms with Gasteiger partial charge in [0, 0.05) is 6.04 Å². The van der Waals surface area contributed by atoms with Gasteiger partial charge < -0.3 is 10.1 Å². The minimum Gasteiger partial charge on any atom is -0.373 e. The van der Waals surface area contributed by atoms with Crippen LogP contribution in [-0.4, -0.2) is 47.4 Å². The Balaban J connectivity index is 1.26. The molecule has 5 unspecified atom stereocenters. The summed E-state index contributed by atoms with van der Waals surface area (Å²) in [5, 5.41) is 3.21. The van der Waals surface area contributed by atoms with Crippen LogP contribution < -0.4 is 5.32 Å². The molecule has 0 aromatic carbocycles. The first kappa shape index (κ1) is 16.7. The quantitative estimate of drug-likeness (QED) is 0.778. The molecule has 0 aromatic rings. The monoisotopic (exact) mass is 360 g/mol. The summed E-state index contributed by atoms with van der Waals surface area (Å²) in [4.78, 5) is 39.3. The summed E-state index contributed by atoms with van der Waals surface area (Å²) in [7, 11) is 0. The van der Waals surface area contributed by atoms with E-state index in [0.717, 1.165) is 25.7 Å². The average Bonchev–Trinajstić information content (AvgIpc) is 3.39. The zero-order valence-corrected chi connectivity index (χ0v) is 15.2. The molecule has 0 radical (unpaired) electrons. The maximum absolute atomic E-state index is 12.7. The lowest BCUT2D eigenvalue weighted by Crippen LogP contribution is -2.52. The molecule has 3 aliphatic heterocycles. The fourth-order valence-electron chi connectivity index (χ4n) is 6.52. The Morgan fingerprint density at radius 1 is 0.962 bits per heavy atom. The van der Waals surface area contributed by atoms with E-state index >= 15 is 0 Å². The lowest BCUT2D eigenvalue weighted by atomic mass is 9.69. The molecular formula is C20H28N2O4. The van der Waals surface area contributed by atoms with Crippen molar-refractivity contribution in [1.82, 2.24) is 10.2 Å². The van der Waals surface area contributed by atoms with Gasteiger partial charge in [0.15, 0.2) is 0 Å². The molecule has 3 saturated heterocycles. The summed E-state index contributed by atoms with van der Waals surface area (Å²) in [5.41, 5.74) is 0.260. The minimum absolute atomic E-state index is 0.114. The highest BCUT2D eigenvalue weighted by atomic mass is 16.5. The van der Waals surface area contributed by atoms with Crippen molar-refractivity contribution >= 4 is 17.7 Å². The lowest BCUT2D eigenvalue weighted by Gasteiger charge is -2.42. The summed E-state index contributed by atoms with van der Waals surface area (Å²) < 4.78 is 5.75. The molecule has 0 aromatic heterocycles. The van der Waals surface area contributed by atoms with Crippen LogP contribution in [0, 0.1) is 17.3 Å². The molecule has 5 atom stereocenters. The Labute approximate surface area is 154 Å². The minimum atomic E-state index is -0.343. The maximum Gasteiger partial charge on any atom is 0.240 e. The number of nitrogens with zero attached hydrogens (tertiary/aromatic N) is 1. The van der Waals surface area contributed by atoms with E-state index in [1.807, 2.05) is 0 Å². The first-order valence-corrected chi connectivity index (χ1v) is 10.4. The predicted octanol–water partition coefficient (Wildman–Crippen LogP) is 1.77. The Hall–Kier alpha value is -1.43. The summed E-state index contributed by atoms with van der Waals surface area (Å²) in [6.07, 6.45) is 11.0. The SMILES string of the molecule is O=C(CN1C(=O)C2C3CCC(O3)C2C1=O)NC1CCCCC12CCCC2. The van der Waals surface area contributed by atoms with Crippen molar-refractivity contribution in [2.24, 2.45) is 17.3 Å². The largest absolute Gasteiger partial charge is 0.373 e. The van der Waals surface area contributed by atoms with Gasteiger partial charge in [-0.05, 0) is 43.9 Å². The zero-order chi connectivity index (χ0) is 17.9. The van der Waals surface area contributed by atoms with Crippen LogP contribution in [0.1, 0.15) is 64.2 Å². The van der Waals surface area contributed by atoms with E-state index < -0.39 is 0 Å². The molecule has 2 aliphatic carbocycles. The highest BCUT2D eigenvalue weighted by Crippen LogP contribution is 2.50. The van der Waals surface area contributed by atoms with Gasteiger partial charge in [0.05, 0.1) is 24.0 Å². The number of fused-ring (bicyclic) bond motifs is 5. The standard InChI is InChI=1S/C20H28N2O4/c23-15(21-14-5-1-2-8-20(14)9-3-4-10-20)11-22-18(24)16-12-6-7-13(26-12)17(16)19(22)25/h12-14,16-17H,1-11H2,(H,21,23). The van der Waals surface area contributed by atoms with Crippen LogP contribution in [0.15, 0.2) is 0 Å². The summed E-state index contributed by atoms with van der Waals surface area (Å²) in [6.45, 7) is -0.114. The Morgan fingerprint density at radius 2 is 1.54 bits per heavy atom. The van der Waals surface area contributed by atoms with Gasteiger partial charge in [0.1, 0.15) is 6.54 Å². The normalized spacial score (nSPS) is 40.5. The third kappa shape index (κ3) is 2.37. The topological polar surface area (TPSA) is 75.7 Å². The van der Waals surface area contributed by atoms with Crippen molar-refractivity contribution in [1.29, 1.82) is 0 Å². The second-order valence-electron chi connectivity index (χ2n) is 9.04. The number of ether oxygens (including phenoxy) is 1. The number of hydrogen-bond donors (Lipinski definition) is 1. The van der Waals surface area contributed by atoms with E-state index in [1.54, 1.807) is 0 Å². The molecule has 3 heterocycles. The first-order valence-electron chi connectivity index (χ1n) is 10.4. The lowest BCUT2D eigenvalue weighted by molar-refractivity contribution is -0.146. The molecule has 5 aliphatic rings. The molecule has 2 saturated carbocycles. The Morgan fingerprint density at radius 3 is 2.15 bits per heavy atom. The van der Waals surface area contributed by atoms with E-state index in [2.05, 4.69) is 5.32 Å². The van der Waals surface area contributed by atoms with Gasteiger partial charge in [-0.15, -0.1) is 0 Å². The molecule has 5 rings (SSSR count). The van der Waals surface area contributed by atoms with Crippen molar-refractivity contribution in [2.75, 3.05) is 6.54 Å². The first-order chi connectivity index (χ1) is 12.6. The van der Waals surface area contributed by atoms with Crippen LogP contribution in [0.3, 0.4) is 0 Å². The molecule has 6 heteroatoms. The van der Waals surface area contributed by atoms with E-state index in [4.69, 9.17) is 4.74 Å². The summed E-state index contributed by atoms with van der Waals surface area (Å²) in [5.74, 6) is -1.24. The third-order valence-corrected chi connectivity index (χ3v) is 7.77. The van der Waals surface area contributed by atoms with Gasteiger partial charge in [0.2, 0.25) is 17.7 Å². The van der Waals surface area contributed by atoms with Crippen molar-refractivity contribution in [2.45, 2.75) is 82.5 Å². The van der Waals surface area contributed by atoms with Crippen LogP contribution >= 0.6 is 0 Å². The van der Waals surface area contributed by atoms with E-state index in [1.165, 1.54) is 43.4 Å². The smallest absolute Gasteiger partial charge is 0.240 e. The highest BCUT2D eigenvalue weighted by Gasteiger charge is 2.62. The number of carbonyl (C=O) groups is 3. The number of carbonyl (C=O) groups excluding carboxylic acids is 3. The van der Waals surface area contributed by atoms with Crippen LogP contribution in [0.25, 0.3) is 0 Å². The fraction of sp³-hybridized carbons (Fsp3) is 0.850. The van der Waals surface area contributed by atoms with Crippen molar-refractivity contribution in [3.63, 3.8) is 0 Å². The molecule has 3 amide bonds.